The Kier molecular flexibility index (Phi) is 5.55. The lowest BCUT2D eigenvalue weighted by Crippen LogP contribution is -2.11. The first-order valence-corrected chi connectivity index (χ1v) is 7.44. The molecule has 124 valence electrons. The van der Waals surface area contributed by atoms with Crippen LogP contribution in [-0.2, 0) is 9.53 Å². The quantitative estimate of drug-likeness (QED) is 0.218. The maximum Gasteiger partial charge on any atom is 0.342 e. The summed E-state index contributed by atoms with van der Waals surface area (Å²) >= 11 is 6.05. The number of aliphatic hydroxyl groups excluding tert-OH is 1. The predicted octanol–water partition coefficient (Wildman–Crippen LogP) is 4.24. The SMILES string of the molecule is CCOC(=O)/C(=C(\O)c1ccccc1Cl)c1ccccc1[N+](=O)[O-]. The Labute approximate surface area is 143 Å². The van der Waals surface area contributed by atoms with E-state index in [2.05, 4.69) is 0 Å². The van der Waals surface area contributed by atoms with Crippen LogP contribution >= 0.6 is 11.6 Å². The van der Waals surface area contributed by atoms with Crippen LogP contribution in [-0.4, -0.2) is 22.6 Å². The van der Waals surface area contributed by atoms with Crippen molar-refractivity contribution in [2.45, 2.75) is 6.92 Å². The van der Waals surface area contributed by atoms with Crippen molar-refractivity contribution in [3.8, 4) is 0 Å². The van der Waals surface area contributed by atoms with Crippen molar-refractivity contribution in [2.24, 2.45) is 0 Å². The van der Waals surface area contributed by atoms with E-state index in [4.69, 9.17) is 16.3 Å². The maximum absolute atomic E-state index is 12.3. The fraction of sp³-hybridized carbons (Fsp3) is 0.118. The number of esters is 1. The van der Waals surface area contributed by atoms with Gasteiger partial charge in [-0.2, -0.15) is 0 Å². The van der Waals surface area contributed by atoms with E-state index in [1.54, 1.807) is 19.1 Å². The van der Waals surface area contributed by atoms with Crippen LogP contribution in [0.3, 0.4) is 0 Å². The van der Waals surface area contributed by atoms with Crippen molar-refractivity contribution < 1.29 is 19.6 Å². The van der Waals surface area contributed by atoms with E-state index in [1.807, 2.05) is 0 Å². The van der Waals surface area contributed by atoms with Crippen LogP contribution in [0.4, 0.5) is 5.69 Å². The summed E-state index contributed by atoms with van der Waals surface area (Å²) in [7, 11) is 0. The molecule has 0 atom stereocenters. The number of hydrogen-bond donors (Lipinski definition) is 1. The Morgan fingerprint density at radius 1 is 1.17 bits per heavy atom. The van der Waals surface area contributed by atoms with Crippen LogP contribution in [0, 0.1) is 10.1 Å². The molecule has 0 saturated heterocycles. The van der Waals surface area contributed by atoms with Crippen molar-refractivity contribution in [2.75, 3.05) is 6.61 Å². The van der Waals surface area contributed by atoms with Gasteiger partial charge >= 0.3 is 5.97 Å². The van der Waals surface area contributed by atoms with Gasteiger partial charge in [-0.15, -0.1) is 0 Å². The summed E-state index contributed by atoms with van der Waals surface area (Å²) in [5, 5.41) is 22.0. The number of para-hydroxylation sites is 1. The zero-order valence-corrected chi connectivity index (χ0v) is 13.5. The Morgan fingerprint density at radius 3 is 2.33 bits per heavy atom. The summed E-state index contributed by atoms with van der Waals surface area (Å²) < 4.78 is 4.95. The molecular formula is C17H14ClNO5. The maximum atomic E-state index is 12.3. The Hall–Kier alpha value is -2.86. The number of ether oxygens (including phenoxy) is 1. The highest BCUT2D eigenvalue weighted by Crippen LogP contribution is 2.34. The van der Waals surface area contributed by atoms with E-state index in [1.165, 1.54) is 36.4 Å². The van der Waals surface area contributed by atoms with Crippen molar-refractivity contribution in [1.82, 2.24) is 0 Å². The summed E-state index contributed by atoms with van der Waals surface area (Å²) in [6.07, 6.45) is 0. The Bertz CT molecular complexity index is 816. The van der Waals surface area contributed by atoms with Gasteiger partial charge in [0.05, 0.1) is 22.1 Å². The molecule has 0 aliphatic heterocycles. The summed E-state index contributed by atoms with van der Waals surface area (Å²) in [5.74, 6) is -1.35. The predicted molar refractivity (Wildman–Crippen MR) is 90.6 cm³/mol. The number of carbonyl (C=O) groups is 1. The highest BCUT2D eigenvalue weighted by Gasteiger charge is 2.27. The molecule has 0 fully saturated rings. The van der Waals surface area contributed by atoms with E-state index >= 15 is 0 Å². The molecule has 1 N–H and O–H groups in total. The zero-order chi connectivity index (χ0) is 17.7. The molecule has 6 nitrogen and oxygen atoms in total. The van der Waals surface area contributed by atoms with E-state index in [9.17, 15) is 20.0 Å². The number of rotatable bonds is 5. The first kappa shape index (κ1) is 17.5. The van der Waals surface area contributed by atoms with E-state index in [0.29, 0.717) is 0 Å². The molecule has 0 spiro atoms. The summed E-state index contributed by atoms with van der Waals surface area (Å²) in [6, 6.07) is 11.9. The molecule has 24 heavy (non-hydrogen) atoms. The van der Waals surface area contributed by atoms with Gasteiger partial charge in [0.15, 0.2) is 0 Å². The molecule has 0 aliphatic carbocycles. The summed E-state index contributed by atoms with van der Waals surface area (Å²) in [5.41, 5.74) is -0.491. The van der Waals surface area contributed by atoms with Gasteiger partial charge in [-0.25, -0.2) is 4.79 Å². The standard InChI is InChI=1S/C17H14ClNO5/c1-2-24-17(21)15(12-8-4-6-10-14(12)19(22)23)16(20)11-7-3-5-9-13(11)18/h3-10,20H,2H2,1H3/b16-15-. The van der Waals surface area contributed by atoms with Crippen LogP contribution in [0.1, 0.15) is 18.1 Å². The average Bonchev–Trinajstić information content (AvgIpc) is 2.56. The molecule has 0 heterocycles. The molecule has 7 heteroatoms. The van der Waals surface area contributed by atoms with Crippen LogP contribution < -0.4 is 0 Å². The lowest BCUT2D eigenvalue weighted by molar-refractivity contribution is -0.385. The van der Waals surface area contributed by atoms with Crippen LogP contribution in [0.15, 0.2) is 48.5 Å². The Morgan fingerprint density at radius 2 is 1.75 bits per heavy atom. The highest BCUT2D eigenvalue weighted by atomic mass is 35.5. The number of halogens is 1. The van der Waals surface area contributed by atoms with E-state index in [0.717, 1.165) is 0 Å². The molecule has 0 aliphatic rings. The largest absolute Gasteiger partial charge is 0.506 e. The smallest absolute Gasteiger partial charge is 0.342 e. The van der Waals surface area contributed by atoms with Gasteiger partial charge in [0, 0.05) is 11.6 Å². The van der Waals surface area contributed by atoms with Gasteiger partial charge in [0.1, 0.15) is 11.3 Å². The average molecular weight is 348 g/mol. The van der Waals surface area contributed by atoms with E-state index in [-0.39, 0.29) is 34.0 Å². The van der Waals surface area contributed by atoms with Gasteiger partial charge in [-0.1, -0.05) is 35.9 Å². The monoisotopic (exact) mass is 347 g/mol. The van der Waals surface area contributed by atoms with Gasteiger partial charge < -0.3 is 9.84 Å². The van der Waals surface area contributed by atoms with Gasteiger partial charge in [0.25, 0.3) is 5.69 Å². The van der Waals surface area contributed by atoms with Crippen LogP contribution in [0.5, 0.6) is 0 Å². The molecule has 2 aromatic rings. The lowest BCUT2D eigenvalue weighted by atomic mass is 9.99. The fourth-order valence-corrected chi connectivity index (χ4v) is 2.39. The number of nitro groups is 1. The minimum Gasteiger partial charge on any atom is -0.506 e. The topological polar surface area (TPSA) is 89.7 Å². The number of benzene rings is 2. The number of aliphatic hydroxyl groups is 1. The molecule has 0 saturated carbocycles. The number of hydrogen-bond acceptors (Lipinski definition) is 5. The lowest BCUT2D eigenvalue weighted by Gasteiger charge is -2.12. The third-order valence-electron chi connectivity index (χ3n) is 3.22. The Balaban J connectivity index is 2.76. The van der Waals surface area contributed by atoms with Gasteiger partial charge in [-0.3, -0.25) is 10.1 Å². The first-order chi connectivity index (χ1) is 11.5. The molecule has 0 aromatic heterocycles. The second-order valence-electron chi connectivity index (χ2n) is 4.70. The van der Waals surface area contributed by atoms with Gasteiger partial charge in [0.2, 0.25) is 0 Å². The summed E-state index contributed by atoms with van der Waals surface area (Å²) in [4.78, 5) is 23.0. The van der Waals surface area contributed by atoms with Gasteiger partial charge in [-0.05, 0) is 25.1 Å². The number of nitro benzene ring substituents is 1. The number of nitrogens with zero attached hydrogens (tertiary/aromatic N) is 1. The fourth-order valence-electron chi connectivity index (χ4n) is 2.17. The molecule has 0 radical (unpaired) electrons. The zero-order valence-electron chi connectivity index (χ0n) is 12.7. The molecule has 2 rings (SSSR count). The summed E-state index contributed by atoms with van der Waals surface area (Å²) in [6.45, 7) is 1.65. The van der Waals surface area contributed by atoms with Crippen molar-refractivity contribution >= 4 is 34.6 Å². The van der Waals surface area contributed by atoms with Crippen LogP contribution in [0.25, 0.3) is 11.3 Å². The molecule has 0 amide bonds. The molecular weight excluding hydrogens is 334 g/mol. The normalized spacial score (nSPS) is 11.6. The second kappa shape index (κ2) is 7.61. The molecule has 2 aromatic carbocycles. The number of carbonyl (C=O) groups excluding carboxylic acids is 1. The molecule has 0 unspecified atom stereocenters. The molecule has 0 bridgehead atoms. The minimum absolute atomic E-state index is 0.0432. The third kappa shape index (κ3) is 3.55. The third-order valence-corrected chi connectivity index (χ3v) is 3.55. The second-order valence-corrected chi connectivity index (χ2v) is 5.11. The minimum atomic E-state index is -0.871. The van der Waals surface area contributed by atoms with Crippen LogP contribution in [0.2, 0.25) is 5.02 Å². The highest BCUT2D eigenvalue weighted by molar-refractivity contribution is 6.33. The first-order valence-electron chi connectivity index (χ1n) is 7.06. The van der Waals surface area contributed by atoms with E-state index < -0.39 is 16.7 Å². The van der Waals surface area contributed by atoms with Crippen molar-refractivity contribution in [1.29, 1.82) is 0 Å². The van der Waals surface area contributed by atoms with Crippen molar-refractivity contribution in [3.05, 3.63) is 74.8 Å². The van der Waals surface area contributed by atoms with Crippen molar-refractivity contribution in [3.63, 3.8) is 0 Å².